The van der Waals surface area contributed by atoms with Crippen molar-refractivity contribution in [3.8, 4) is 0 Å². The molecule has 0 aromatic heterocycles. The molecule has 0 aliphatic carbocycles. The largest absolute Gasteiger partial charge is 0.480 e. The van der Waals surface area contributed by atoms with Crippen molar-refractivity contribution in [1.29, 1.82) is 0 Å². The van der Waals surface area contributed by atoms with Crippen molar-refractivity contribution in [2.75, 3.05) is 19.8 Å². The van der Waals surface area contributed by atoms with E-state index < -0.39 is 51.1 Å². The predicted octanol–water partition coefficient (Wildman–Crippen LogP) is 12.5. The molecule has 0 radical (unpaired) electrons. The van der Waals surface area contributed by atoms with Crippen molar-refractivity contribution >= 4 is 25.7 Å². The van der Waals surface area contributed by atoms with Crippen molar-refractivity contribution in [1.82, 2.24) is 0 Å². The average Bonchev–Trinajstić information content (AvgIpc) is 3.22. The lowest BCUT2D eigenvalue weighted by molar-refractivity contribution is -0.161. The highest BCUT2D eigenvalue weighted by molar-refractivity contribution is 7.47. The van der Waals surface area contributed by atoms with Crippen molar-refractivity contribution in [2.24, 2.45) is 5.73 Å². The number of ether oxygens (including phenoxy) is 2. The lowest BCUT2D eigenvalue weighted by Gasteiger charge is -2.20. The second-order valence-electron chi connectivity index (χ2n) is 15.2. The molecule has 3 atom stereocenters. The molecule has 0 aliphatic rings. The number of unbranched alkanes of at least 4 members (excludes halogenated alkanes) is 17. The number of phosphoric ester groups is 1. The number of nitrogens with two attached hydrogens (primary N) is 1. The molecule has 0 saturated carbocycles. The van der Waals surface area contributed by atoms with Crippen molar-refractivity contribution in [2.45, 2.75) is 193 Å². The maximum atomic E-state index is 12.6. The molecular weight excluding hydrogens is 781 g/mol. The molecule has 0 rings (SSSR count). The Labute approximate surface area is 363 Å². The molecule has 0 spiro atoms. The van der Waals surface area contributed by atoms with Crippen LogP contribution in [-0.2, 0) is 37.5 Å². The molecule has 12 heteroatoms. The normalized spacial score (nSPS) is 14.3. The highest BCUT2D eigenvalue weighted by Crippen LogP contribution is 2.43. The number of carboxylic acid groups (broad SMARTS) is 1. The van der Waals surface area contributed by atoms with E-state index in [1.54, 1.807) is 0 Å². The summed E-state index contributed by atoms with van der Waals surface area (Å²) in [5, 5.41) is 8.89. The highest BCUT2D eigenvalue weighted by atomic mass is 31.2. The second-order valence-corrected chi connectivity index (χ2v) is 16.7. The number of hydrogen-bond acceptors (Lipinski definition) is 9. The molecule has 0 fully saturated rings. The Morgan fingerprint density at radius 3 is 1.48 bits per heavy atom. The van der Waals surface area contributed by atoms with Crippen LogP contribution in [0.25, 0.3) is 0 Å². The van der Waals surface area contributed by atoms with Crippen LogP contribution in [0.5, 0.6) is 0 Å². The summed E-state index contributed by atoms with van der Waals surface area (Å²) in [4.78, 5) is 46.0. The van der Waals surface area contributed by atoms with Crippen LogP contribution in [0.15, 0.2) is 72.9 Å². The molecule has 344 valence electrons. The SMILES string of the molecule is CCCCCC/C=C/C=C/CCCCCCCC(=O)O[C@@H](COC(=O)CCC/C=C/C/C=C/C/C=C/C/C=C/CCCCCCCCC)COP(=O)(O)OC[C@H](N)C(=O)O. The third kappa shape index (κ3) is 41.6. The van der Waals surface area contributed by atoms with Crippen molar-refractivity contribution in [3.05, 3.63) is 72.9 Å². The van der Waals surface area contributed by atoms with Gasteiger partial charge in [-0.05, 0) is 77.0 Å². The lowest BCUT2D eigenvalue weighted by Crippen LogP contribution is -2.34. The van der Waals surface area contributed by atoms with Gasteiger partial charge in [0.25, 0.3) is 0 Å². The molecule has 0 bridgehead atoms. The number of hydrogen-bond donors (Lipinski definition) is 3. The predicted molar refractivity (Wildman–Crippen MR) is 244 cm³/mol. The minimum absolute atomic E-state index is 0.128. The molecule has 4 N–H and O–H groups in total. The molecular formula is C48H82NO10P. The Balaban J connectivity index is 4.45. The van der Waals surface area contributed by atoms with Crippen LogP contribution in [0.4, 0.5) is 0 Å². The molecule has 11 nitrogen and oxygen atoms in total. The molecule has 1 unspecified atom stereocenters. The number of aliphatic carboxylic acids is 1. The van der Waals surface area contributed by atoms with E-state index in [1.807, 2.05) is 6.08 Å². The van der Waals surface area contributed by atoms with Gasteiger partial charge in [-0.1, -0.05) is 164 Å². The maximum absolute atomic E-state index is 12.6. The van der Waals surface area contributed by atoms with E-state index in [9.17, 15) is 23.8 Å². The summed E-state index contributed by atoms with van der Waals surface area (Å²) >= 11 is 0. The summed E-state index contributed by atoms with van der Waals surface area (Å²) in [7, 11) is -4.74. The van der Waals surface area contributed by atoms with Crippen LogP contribution < -0.4 is 5.73 Å². The number of rotatable bonds is 42. The van der Waals surface area contributed by atoms with Gasteiger partial charge in [-0.3, -0.25) is 23.4 Å². The molecule has 0 heterocycles. The lowest BCUT2D eigenvalue weighted by atomic mass is 10.1. The Bertz CT molecular complexity index is 1290. The number of allylic oxidation sites excluding steroid dienone is 12. The number of phosphoric acid groups is 1. The molecule has 60 heavy (non-hydrogen) atoms. The first-order valence-corrected chi connectivity index (χ1v) is 24.5. The summed E-state index contributed by atoms with van der Waals surface area (Å²) in [5.74, 6) is -2.48. The Morgan fingerprint density at radius 2 is 0.950 bits per heavy atom. The van der Waals surface area contributed by atoms with E-state index in [-0.39, 0.29) is 19.4 Å². The van der Waals surface area contributed by atoms with Gasteiger partial charge in [-0.2, -0.15) is 0 Å². The Hall–Kier alpha value is -3.08. The number of carbonyl (C=O) groups is 3. The maximum Gasteiger partial charge on any atom is 0.472 e. The van der Waals surface area contributed by atoms with Gasteiger partial charge in [0.1, 0.15) is 12.6 Å². The second kappa shape index (κ2) is 42.6. The summed E-state index contributed by atoms with van der Waals surface area (Å²) < 4.78 is 32.6. The van der Waals surface area contributed by atoms with E-state index in [4.69, 9.17) is 24.8 Å². The zero-order valence-electron chi connectivity index (χ0n) is 37.3. The molecule has 0 saturated heterocycles. The van der Waals surface area contributed by atoms with Crippen LogP contribution in [0, 0.1) is 0 Å². The van der Waals surface area contributed by atoms with Gasteiger partial charge in [0, 0.05) is 12.8 Å². The van der Waals surface area contributed by atoms with Crippen LogP contribution in [-0.4, -0.2) is 59.9 Å². The summed E-state index contributed by atoms with van der Waals surface area (Å²) in [6.45, 7) is 2.70. The summed E-state index contributed by atoms with van der Waals surface area (Å²) in [5.41, 5.74) is 5.33. The first-order valence-electron chi connectivity index (χ1n) is 23.0. The minimum Gasteiger partial charge on any atom is -0.480 e. The standard InChI is InChI=1S/C48H82NO10P/c1-3-5-7-9-11-13-15-17-19-20-21-22-23-24-26-27-29-31-33-35-37-39-46(50)56-41-44(42-57-60(54,55)58-43-45(49)48(52)53)59-47(51)40-38-36-34-32-30-28-25-18-16-14-12-10-8-6-4-2/h14,16,18-20,22-23,25-27,31,33,44-45H,3-13,15,17,21,24,28-30,32,34-43,49H2,1-2H3,(H,52,53)(H,54,55)/b16-14+,20-19+,23-22+,25-18+,27-26+,33-31+/t44-,45-/m0/s1. The Morgan fingerprint density at radius 1 is 0.533 bits per heavy atom. The van der Waals surface area contributed by atoms with Crippen LogP contribution in [0.3, 0.4) is 0 Å². The van der Waals surface area contributed by atoms with Gasteiger partial charge in [-0.15, -0.1) is 0 Å². The van der Waals surface area contributed by atoms with Gasteiger partial charge in [0.15, 0.2) is 6.10 Å². The quantitative estimate of drug-likeness (QED) is 0.0175. The highest BCUT2D eigenvalue weighted by Gasteiger charge is 2.28. The van der Waals surface area contributed by atoms with Crippen LogP contribution in [0.1, 0.15) is 181 Å². The van der Waals surface area contributed by atoms with E-state index in [1.165, 1.54) is 77.0 Å². The van der Waals surface area contributed by atoms with E-state index in [2.05, 4.69) is 85.2 Å². The topological polar surface area (TPSA) is 172 Å². The smallest absolute Gasteiger partial charge is 0.472 e. The van der Waals surface area contributed by atoms with Gasteiger partial charge in [-0.25, -0.2) is 4.57 Å². The molecule has 0 amide bonds. The van der Waals surface area contributed by atoms with E-state index >= 15 is 0 Å². The first-order chi connectivity index (χ1) is 29.1. The zero-order valence-corrected chi connectivity index (χ0v) is 38.2. The van der Waals surface area contributed by atoms with Gasteiger partial charge < -0.3 is 25.2 Å². The third-order valence-electron chi connectivity index (χ3n) is 9.45. The van der Waals surface area contributed by atoms with Crippen LogP contribution >= 0.6 is 7.82 Å². The summed E-state index contributed by atoms with van der Waals surface area (Å²) in [6.07, 6.45) is 51.2. The van der Waals surface area contributed by atoms with Crippen molar-refractivity contribution < 1.29 is 47.5 Å². The fourth-order valence-electron chi connectivity index (χ4n) is 5.81. The van der Waals surface area contributed by atoms with Crippen molar-refractivity contribution in [3.63, 3.8) is 0 Å². The minimum atomic E-state index is -4.74. The zero-order chi connectivity index (χ0) is 44.2. The van der Waals surface area contributed by atoms with Gasteiger partial charge in [0.05, 0.1) is 13.2 Å². The molecule has 0 aliphatic heterocycles. The van der Waals surface area contributed by atoms with E-state index in [0.29, 0.717) is 19.3 Å². The average molecular weight is 864 g/mol. The van der Waals surface area contributed by atoms with E-state index in [0.717, 1.165) is 57.8 Å². The molecule has 0 aromatic carbocycles. The molecule has 0 aromatic rings. The third-order valence-corrected chi connectivity index (χ3v) is 10.4. The summed E-state index contributed by atoms with van der Waals surface area (Å²) in [6, 6.07) is -1.53. The Kier molecular flexibility index (Phi) is 40.4. The monoisotopic (exact) mass is 864 g/mol. The van der Waals surface area contributed by atoms with Gasteiger partial charge >= 0.3 is 25.7 Å². The fraction of sp³-hybridized carbons (Fsp3) is 0.688. The van der Waals surface area contributed by atoms with Crippen LogP contribution in [0.2, 0.25) is 0 Å². The number of carboxylic acids is 1. The number of esters is 2. The number of carbonyl (C=O) groups excluding carboxylic acids is 2. The van der Waals surface area contributed by atoms with Gasteiger partial charge in [0.2, 0.25) is 0 Å². The first kappa shape index (κ1) is 56.9. The fourth-order valence-corrected chi connectivity index (χ4v) is 6.59.